The third-order valence-corrected chi connectivity index (χ3v) is 4.95. The average molecular weight is 358 g/mol. The van der Waals surface area contributed by atoms with Crippen LogP contribution in [0.1, 0.15) is 31.8 Å². The van der Waals surface area contributed by atoms with Crippen LogP contribution in [0.3, 0.4) is 0 Å². The highest BCUT2D eigenvalue weighted by Gasteiger charge is 2.33. The van der Waals surface area contributed by atoms with Crippen LogP contribution in [0.4, 0.5) is 5.69 Å². The fourth-order valence-electron chi connectivity index (χ4n) is 3.39. The highest BCUT2D eigenvalue weighted by Crippen LogP contribution is 2.29. The Morgan fingerprint density at radius 3 is 2.11 bits per heavy atom. The molecular weight excluding hydrogens is 340 g/mol. The minimum atomic E-state index is -0.445. The molecule has 3 aromatic rings. The summed E-state index contributed by atoms with van der Waals surface area (Å²) in [7, 11) is 0. The Labute approximate surface area is 156 Å². The first-order valence-electron chi connectivity index (χ1n) is 8.71. The number of imide groups is 1. The van der Waals surface area contributed by atoms with Gasteiger partial charge in [0.05, 0.1) is 0 Å². The molecule has 0 bridgehead atoms. The molecule has 0 fully saturated rings. The van der Waals surface area contributed by atoms with E-state index in [9.17, 15) is 14.4 Å². The van der Waals surface area contributed by atoms with Gasteiger partial charge in [0.1, 0.15) is 6.54 Å². The number of hydrogen-bond acceptors (Lipinski definition) is 3. The van der Waals surface area contributed by atoms with E-state index < -0.39 is 17.7 Å². The smallest absolute Gasteiger partial charge is 0.261 e. The molecule has 0 aromatic heterocycles. The van der Waals surface area contributed by atoms with Crippen molar-refractivity contribution in [1.82, 2.24) is 4.90 Å². The Morgan fingerprint density at radius 2 is 1.52 bits per heavy atom. The number of carbonyl (C=O) groups excluding carboxylic acids is 3. The molecule has 0 radical (unpaired) electrons. The minimum absolute atomic E-state index is 0.324. The molecule has 3 amide bonds. The second-order valence-corrected chi connectivity index (χ2v) is 6.75. The van der Waals surface area contributed by atoms with Crippen LogP contribution < -0.4 is 5.32 Å². The maximum Gasteiger partial charge on any atom is 0.261 e. The van der Waals surface area contributed by atoms with Gasteiger partial charge in [0.15, 0.2) is 0 Å². The fourth-order valence-corrected chi connectivity index (χ4v) is 3.39. The van der Waals surface area contributed by atoms with Gasteiger partial charge in [0, 0.05) is 22.2 Å². The summed E-state index contributed by atoms with van der Waals surface area (Å²) >= 11 is 0. The van der Waals surface area contributed by atoms with Gasteiger partial charge in [-0.3, -0.25) is 19.3 Å². The van der Waals surface area contributed by atoms with Gasteiger partial charge in [-0.15, -0.1) is 0 Å². The molecule has 27 heavy (non-hydrogen) atoms. The third kappa shape index (κ3) is 2.87. The number of hydrogen-bond donors (Lipinski definition) is 1. The van der Waals surface area contributed by atoms with Crippen molar-refractivity contribution in [1.29, 1.82) is 0 Å². The van der Waals surface area contributed by atoms with Gasteiger partial charge in [-0.05, 0) is 54.6 Å². The Bertz CT molecular complexity index is 1070. The van der Waals surface area contributed by atoms with E-state index >= 15 is 0 Å². The van der Waals surface area contributed by atoms with E-state index in [-0.39, 0.29) is 6.54 Å². The number of nitrogens with zero attached hydrogens (tertiary/aromatic N) is 1. The van der Waals surface area contributed by atoms with E-state index in [4.69, 9.17) is 0 Å². The Balaban J connectivity index is 1.61. The van der Waals surface area contributed by atoms with Crippen LogP contribution in [0.25, 0.3) is 10.8 Å². The number of carbonyl (C=O) groups is 3. The Hall–Kier alpha value is -3.47. The van der Waals surface area contributed by atoms with E-state index in [1.165, 1.54) is 0 Å². The predicted octanol–water partition coefficient (Wildman–Crippen LogP) is 3.69. The van der Waals surface area contributed by atoms with Crippen LogP contribution in [-0.2, 0) is 4.79 Å². The van der Waals surface area contributed by atoms with Gasteiger partial charge in [0.25, 0.3) is 11.8 Å². The van der Waals surface area contributed by atoms with E-state index in [2.05, 4.69) is 5.32 Å². The largest absolute Gasteiger partial charge is 0.325 e. The molecule has 1 aliphatic rings. The Morgan fingerprint density at radius 1 is 0.889 bits per heavy atom. The zero-order valence-electron chi connectivity index (χ0n) is 15.1. The van der Waals surface area contributed by atoms with Crippen molar-refractivity contribution in [2.24, 2.45) is 0 Å². The zero-order valence-corrected chi connectivity index (χ0v) is 15.1. The van der Waals surface area contributed by atoms with Crippen LogP contribution in [0.2, 0.25) is 0 Å². The van der Waals surface area contributed by atoms with Crippen LogP contribution in [0.15, 0.2) is 54.6 Å². The van der Waals surface area contributed by atoms with Crippen LogP contribution in [-0.4, -0.2) is 29.2 Å². The molecule has 0 spiro atoms. The van der Waals surface area contributed by atoms with E-state index in [0.29, 0.717) is 22.2 Å². The maximum absolute atomic E-state index is 12.8. The summed E-state index contributed by atoms with van der Waals surface area (Å²) in [5.41, 5.74) is 3.71. The lowest BCUT2D eigenvalue weighted by molar-refractivity contribution is -0.116. The molecule has 0 aliphatic carbocycles. The first-order valence-corrected chi connectivity index (χ1v) is 8.71. The summed E-state index contributed by atoms with van der Waals surface area (Å²) in [6, 6.07) is 16.3. The van der Waals surface area contributed by atoms with E-state index in [1.54, 1.807) is 30.3 Å². The highest BCUT2D eigenvalue weighted by atomic mass is 16.2. The number of amides is 3. The number of nitrogens with one attached hydrogen (secondary N) is 1. The highest BCUT2D eigenvalue weighted by molar-refractivity contribution is 6.26. The molecule has 0 saturated heterocycles. The van der Waals surface area contributed by atoms with E-state index in [1.807, 2.05) is 38.1 Å². The van der Waals surface area contributed by atoms with Gasteiger partial charge < -0.3 is 5.32 Å². The molecule has 1 N–H and O–H groups in total. The van der Waals surface area contributed by atoms with Crippen LogP contribution in [0, 0.1) is 13.8 Å². The van der Waals surface area contributed by atoms with Crippen molar-refractivity contribution >= 4 is 34.2 Å². The van der Waals surface area contributed by atoms with Gasteiger partial charge in [-0.25, -0.2) is 0 Å². The molecule has 1 heterocycles. The van der Waals surface area contributed by atoms with Crippen molar-refractivity contribution in [2.75, 3.05) is 11.9 Å². The lowest BCUT2D eigenvalue weighted by atomic mass is 9.94. The van der Waals surface area contributed by atoms with Crippen LogP contribution >= 0.6 is 0 Å². The number of anilines is 1. The molecular formula is C22H18N2O3. The number of benzene rings is 3. The average Bonchev–Trinajstić information content (AvgIpc) is 2.66. The molecule has 3 aromatic carbocycles. The zero-order chi connectivity index (χ0) is 19.1. The predicted molar refractivity (Wildman–Crippen MR) is 104 cm³/mol. The first kappa shape index (κ1) is 17.0. The van der Waals surface area contributed by atoms with Crippen LogP contribution in [0.5, 0.6) is 0 Å². The molecule has 0 atom stereocenters. The van der Waals surface area contributed by atoms with Crippen molar-refractivity contribution in [3.05, 3.63) is 76.9 Å². The van der Waals surface area contributed by atoms with Gasteiger partial charge in [-0.1, -0.05) is 30.3 Å². The topological polar surface area (TPSA) is 66.5 Å². The molecule has 134 valence electrons. The number of aryl methyl sites for hydroxylation is 2. The lowest BCUT2D eigenvalue weighted by Gasteiger charge is -2.26. The third-order valence-electron chi connectivity index (χ3n) is 4.95. The summed E-state index contributed by atoms with van der Waals surface area (Å²) < 4.78 is 0. The lowest BCUT2D eigenvalue weighted by Crippen LogP contribution is -2.44. The second kappa shape index (κ2) is 6.36. The molecule has 0 saturated carbocycles. The molecule has 0 unspecified atom stereocenters. The van der Waals surface area contributed by atoms with Crippen molar-refractivity contribution in [2.45, 2.75) is 13.8 Å². The second-order valence-electron chi connectivity index (χ2n) is 6.75. The van der Waals surface area contributed by atoms with Gasteiger partial charge in [0.2, 0.25) is 5.91 Å². The molecule has 4 rings (SSSR count). The first-order chi connectivity index (χ1) is 13.0. The quantitative estimate of drug-likeness (QED) is 0.726. The standard InChI is InChI=1S/C22H18N2O3/c1-13-9-10-16(11-14(13)2)23-19(25)12-24-21(26)17-7-3-5-15-6-4-8-18(20(15)17)22(24)27/h3-11H,12H2,1-2H3,(H,23,25). The Kier molecular flexibility index (Phi) is 4.00. The summed E-state index contributed by atoms with van der Waals surface area (Å²) in [6.07, 6.45) is 0. The van der Waals surface area contributed by atoms with Crippen molar-refractivity contribution in [3.63, 3.8) is 0 Å². The van der Waals surface area contributed by atoms with Crippen molar-refractivity contribution < 1.29 is 14.4 Å². The summed E-state index contributed by atoms with van der Waals surface area (Å²) in [4.78, 5) is 39.1. The summed E-state index contributed by atoms with van der Waals surface area (Å²) in [6.45, 7) is 3.62. The van der Waals surface area contributed by atoms with Crippen molar-refractivity contribution in [3.8, 4) is 0 Å². The fraction of sp³-hybridized carbons (Fsp3) is 0.136. The molecule has 5 heteroatoms. The minimum Gasteiger partial charge on any atom is -0.325 e. The molecule has 1 aliphatic heterocycles. The van der Waals surface area contributed by atoms with Gasteiger partial charge >= 0.3 is 0 Å². The molecule has 5 nitrogen and oxygen atoms in total. The number of rotatable bonds is 3. The van der Waals surface area contributed by atoms with Gasteiger partial charge in [-0.2, -0.15) is 0 Å². The monoisotopic (exact) mass is 358 g/mol. The summed E-state index contributed by atoms with van der Waals surface area (Å²) in [5, 5.41) is 4.25. The van der Waals surface area contributed by atoms with E-state index in [0.717, 1.165) is 21.4 Å². The maximum atomic E-state index is 12.8. The SMILES string of the molecule is Cc1ccc(NC(=O)CN2C(=O)c3cccc4cccc(c34)C2=O)cc1C. The summed E-state index contributed by atoms with van der Waals surface area (Å²) in [5.74, 6) is -1.30. The normalized spacial score (nSPS) is 13.2.